The molecule has 1 aromatic heterocycles. The first-order valence-corrected chi connectivity index (χ1v) is 8.95. The first-order valence-electron chi connectivity index (χ1n) is 6.65. The molecule has 2 rings (SSSR count). The fourth-order valence-electron chi connectivity index (χ4n) is 2.09. The summed E-state index contributed by atoms with van der Waals surface area (Å²) in [5.74, 6) is 0.568. The minimum atomic E-state index is -0.997. The summed E-state index contributed by atoms with van der Waals surface area (Å²) in [5.41, 5.74) is -0.521. The third kappa shape index (κ3) is 4.14. The van der Waals surface area contributed by atoms with Crippen LogP contribution in [-0.2, 0) is 20.3 Å². The Balaban J connectivity index is 2.08. The van der Waals surface area contributed by atoms with Gasteiger partial charge in [0.1, 0.15) is 11.6 Å². The molecule has 0 spiro atoms. The number of aryl methyl sites for hydroxylation is 1. The quantitative estimate of drug-likeness (QED) is 0.850. The predicted molar refractivity (Wildman–Crippen MR) is 82.4 cm³/mol. The van der Waals surface area contributed by atoms with E-state index in [9.17, 15) is 9.00 Å². The summed E-state index contributed by atoms with van der Waals surface area (Å²) in [6.45, 7) is 7.56. The lowest BCUT2D eigenvalue weighted by Gasteiger charge is -2.31. The van der Waals surface area contributed by atoms with Crippen molar-refractivity contribution in [2.24, 2.45) is 0 Å². The average Bonchev–Trinajstić information content (AvgIpc) is 2.73. The minimum Gasteiger partial charge on any atom is -0.459 e. The molecule has 6 heteroatoms. The van der Waals surface area contributed by atoms with Crippen LogP contribution in [-0.4, -0.2) is 33.3 Å². The van der Waals surface area contributed by atoms with Crippen molar-refractivity contribution in [3.63, 3.8) is 0 Å². The van der Waals surface area contributed by atoms with Gasteiger partial charge in [0.15, 0.2) is 0 Å². The Kier molecular flexibility index (Phi) is 4.66. The van der Waals surface area contributed by atoms with Gasteiger partial charge < -0.3 is 4.74 Å². The second kappa shape index (κ2) is 5.95. The van der Waals surface area contributed by atoms with Gasteiger partial charge in [-0.3, -0.25) is 14.3 Å². The second-order valence-corrected chi connectivity index (χ2v) is 8.89. The maximum atomic E-state index is 12.1. The Labute approximate surface area is 126 Å². The second-order valence-electron chi connectivity index (χ2n) is 6.03. The van der Waals surface area contributed by atoms with E-state index in [0.717, 1.165) is 4.88 Å². The number of ether oxygens (including phenoxy) is 1. The van der Waals surface area contributed by atoms with Gasteiger partial charge in [0.05, 0.1) is 6.04 Å². The van der Waals surface area contributed by atoms with E-state index < -0.39 is 22.4 Å². The van der Waals surface area contributed by atoms with Crippen LogP contribution in [0.25, 0.3) is 0 Å². The molecule has 112 valence electrons. The van der Waals surface area contributed by atoms with Crippen molar-refractivity contribution < 1.29 is 13.7 Å². The third-order valence-electron chi connectivity index (χ3n) is 2.90. The molecule has 1 aliphatic rings. The van der Waals surface area contributed by atoms with Crippen molar-refractivity contribution in [1.82, 2.24) is 5.32 Å². The van der Waals surface area contributed by atoms with E-state index >= 15 is 0 Å². The summed E-state index contributed by atoms with van der Waals surface area (Å²) < 4.78 is 17.4. The SMILES string of the molecule is Cc1ccc(C2CS(=O)CC(C(=O)OC(C)(C)C)N2)s1. The lowest BCUT2D eigenvalue weighted by Crippen LogP contribution is -2.51. The van der Waals surface area contributed by atoms with Crippen LogP contribution in [0.15, 0.2) is 12.1 Å². The average molecular weight is 315 g/mol. The zero-order valence-corrected chi connectivity index (χ0v) is 13.9. The molecular weight excluding hydrogens is 294 g/mol. The molecule has 20 heavy (non-hydrogen) atoms. The number of carbonyl (C=O) groups is 1. The third-order valence-corrected chi connectivity index (χ3v) is 5.43. The molecule has 0 aliphatic carbocycles. The number of hydrogen-bond acceptors (Lipinski definition) is 5. The molecule has 1 aliphatic heterocycles. The summed E-state index contributed by atoms with van der Waals surface area (Å²) in [6.07, 6.45) is 0. The standard InChI is InChI=1S/C14H21NO3S2/c1-9-5-6-12(19-9)10-7-20(17)8-11(15-10)13(16)18-14(2,3)4/h5-6,10-11,15H,7-8H2,1-4H3. The van der Waals surface area contributed by atoms with Crippen molar-refractivity contribution in [3.05, 3.63) is 21.9 Å². The molecule has 0 radical (unpaired) electrons. The van der Waals surface area contributed by atoms with Gasteiger partial charge in [-0.2, -0.15) is 0 Å². The molecule has 1 fully saturated rings. The van der Waals surface area contributed by atoms with Crippen LogP contribution in [0.2, 0.25) is 0 Å². The van der Waals surface area contributed by atoms with Crippen molar-refractivity contribution in [2.45, 2.75) is 45.4 Å². The Hall–Kier alpha value is -0.720. The lowest BCUT2D eigenvalue weighted by atomic mass is 10.2. The van der Waals surface area contributed by atoms with Crippen LogP contribution in [0.4, 0.5) is 0 Å². The first-order chi connectivity index (χ1) is 9.24. The predicted octanol–water partition coefficient (Wildman–Crippen LogP) is 2.16. The van der Waals surface area contributed by atoms with Gasteiger partial charge in [0.25, 0.3) is 0 Å². The topological polar surface area (TPSA) is 55.4 Å². The van der Waals surface area contributed by atoms with Gasteiger partial charge in [-0.15, -0.1) is 11.3 Å². The number of carbonyl (C=O) groups excluding carboxylic acids is 1. The smallest absolute Gasteiger partial charge is 0.324 e. The molecule has 0 bridgehead atoms. The largest absolute Gasteiger partial charge is 0.459 e. The summed E-state index contributed by atoms with van der Waals surface area (Å²) in [4.78, 5) is 14.5. The van der Waals surface area contributed by atoms with Crippen LogP contribution < -0.4 is 5.32 Å². The molecule has 1 aromatic rings. The highest BCUT2D eigenvalue weighted by Gasteiger charge is 2.34. The highest BCUT2D eigenvalue weighted by atomic mass is 32.2. The summed E-state index contributed by atoms with van der Waals surface area (Å²) in [5, 5.41) is 3.28. The highest BCUT2D eigenvalue weighted by molar-refractivity contribution is 7.85. The summed E-state index contributed by atoms with van der Waals surface area (Å²) in [7, 11) is -0.997. The number of esters is 1. The molecule has 0 aromatic carbocycles. The maximum Gasteiger partial charge on any atom is 0.324 e. The number of rotatable bonds is 2. The summed E-state index contributed by atoms with van der Waals surface area (Å²) in [6, 6.07) is 3.56. The van der Waals surface area contributed by atoms with Crippen LogP contribution >= 0.6 is 11.3 Å². The first kappa shape index (κ1) is 15.7. The monoisotopic (exact) mass is 315 g/mol. The Morgan fingerprint density at radius 1 is 1.40 bits per heavy atom. The number of thiophene rings is 1. The van der Waals surface area contributed by atoms with E-state index in [1.54, 1.807) is 11.3 Å². The van der Waals surface area contributed by atoms with Gasteiger partial charge in [-0.1, -0.05) is 0 Å². The van der Waals surface area contributed by atoms with E-state index in [1.807, 2.05) is 39.8 Å². The molecule has 0 saturated carbocycles. The zero-order valence-electron chi connectivity index (χ0n) is 12.3. The Morgan fingerprint density at radius 3 is 2.65 bits per heavy atom. The van der Waals surface area contributed by atoms with Gasteiger partial charge in [-0.05, 0) is 39.8 Å². The van der Waals surface area contributed by atoms with E-state index in [4.69, 9.17) is 4.74 Å². The molecule has 1 saturated heterocycles. The molecule has 4 nitrogen and oxygen atoms in total. The van der Waals surface area contributed by atoms with E-state index in [2.05, 4.69) is 5.32 Å². The Morgan fingerprint density at radius 2 is 2.10 bits per heavy atom. The van der Waals surface area contributed by atoms with Gasteiger partial charge >= 0.3 is 5.97 Å². The normalized spacial score (nSPS) is 27.3. The van der Waals surface area contributed by atoms with Gasteiger partial charge in [0.2, 0.25) is 0 Å². The molecule has 1 N–H and O–H groups in total. The van der Waals surface area contributed by atoms with Crippen molar-refractivity contribution in [2.75, 3.05) is 11.5 Å². The maximum absolute atomic E-state index is 12.1. The number of hydrogen-bond donors (Lipinski definition) is 1. The van der Waals surface area contributed by atoms with Crippen LogP contribution in [0.3, 0.4) is 0 Å². The van der Waals surface area contributed by atoms with Crippen LogP contribution in [0, 0.1) is 6.92 Å². The zero-order chi connectivity index (χ0) is 14.9. The fourth-order valence-corrected chi connectivity index (χ4v) is 4.52. The van der Waals surface area contributed by atoms with Crippen LogP contribution in [0.1, 0.15) is 36.6 Å². The molecule has 0 amide bonds. The Bertz CT molecular complexity index is 519. The van der Waals surface area contributed by atoms with Gasteiger partial charge in [0, 0.05) is 32.1 Å². The minimum absolute atomic E-state index is 0.0270. The van der Waals surface area contributed by atoms with Gasteiger partial charge in [-0.25, -0.2) is 0 Å². The van der Waals surface area contributed by atoms with E-state index in [0.29, 0.717) is 11.5 Å². The van der Waals surface area contributed by atoms with E-state index in [-0.39, 0.29) is 12.0 Å². The van der Waals surface area contributed by atoms with Crippen molar-refractivity contribution in [3.8, 4) is 0 Å². The van der Waals surface area contributed by atoms with E-state index in [1.165, 1.54) is 4.88 Å². The summed E-state index contributed by atoms with van der Waals surface area (Å²) >= 11 is 1.67. The molecular formula is C14H21NO3S2. The van der Waals surface area contributed by atoms with Crippen molar-refractivity contribution >= 4 is 28.1 Å². The number of nitrogens with one attached hydrogen (secondary N) is 1. The van der Waals surface area contributed by atoms with Crippen LogP contribution in [0.5, 0.6) is 0 Å². The molecule has 3 atom stereocenters. The molecule has 3 unspecified atom stereocenters. The molecule has 2 heterocycles. The lowest BCUT2D eigenvalue weighted by molar-refractivity contribution is -0.157. The van der Waals surface area contributed by atoms with Crippen molar-refractivity contribution in [1.29, 1.82) is 0 Å². The fraction of sp³-hybridized carbons (Fsp3) is 0.643. The highest BCUT2D eigenvalue weighted by Crippen LogP contribution is 2.26.